The van der Waals surface area contributed by atoms with Crippen LogP contribution in [0.1, 0.15) is 66.4 Å². The molecule has 0 aliphatic heterocycles. The van der Waals surface area contributed by atoms with Gasteiger partial charge >= 0.3 is 18.0 Å². The van der Waals surface area contributed by atoms with Gasteiger partial charge in [0.25, 0.3) is 0 Å². The molecule has 12 heteroatoms. The number of alkyl carbamates (subject to hydrolysis) is 1. The van der Waals surface area contributed by atoms with E-state index >= 15 is 0 Å². The van der Waals surface area contributed by atoms with Crippen LogP contribution < -0.4 is 20.7 Å². The summed E-state index contributed by atoms with van der Waals surface area (Å²) in [7, 11) is 1.48. The van der Waals surface area contributed by atoms with Crippen LogP contribution in [0.25, 0.3) is 0 Å². The van der Waals surface area contributed by atoms with E-state index in [4.69, 9.17) is 18.9 Å². The predicted molar refractivity (Wildman–Crippen MR) is 163 cm³/mol. The van der Waals surface area contributed by atoms with Crippen LogP contribution in [-0.4, -0.2) is 60.2 Å². The Morgan fingerprint density at radius 2 is 1.39 bits per heavy atom. The van der Waals surface area contributed by atoms with E-state index in [2.05, 4.69) is 16.0 Å². The van der Waals surface area contributed by atoms with Crippen LogP contribution in [0.2, 0.25) is 0 Å². The maximum atomic E-state index is 13.5. The van der Waals surface area contributed by atoms with Gasteiger partial charge in [-0.05, 0) is 65.7 Å². The molecule has 0 aliphatic carbocycles. The van der Waals surface area contributed by atoms with E-state index in [0.29, 0.717) is 17.0 Å². The van der Waals surface area contributed by atoms with E-state index < -0.39 is 59.6 Å². The van der Waals surface area contributed by atoms with Crippen molar-refractivity contribution in [2.75, 3.05) is 12.4 Å². The summed E-state index contributed by atoms with van der Waals surface area (Å²) >= 11 is 0. The predicted octanol–water partition coefficient (Wildman–Crippen LogP) is 4.27. The second-order valence-corrected chi connectivity index (χ2v) is 12.0. The smallest absolute Gasteiger partial charge is 0.408 e. The zero-order valence-corrected chi connectivity index (χ0v) is 26.4. The van der Waals surface area contributed by atoms with Crippen molar-refractivity contribution in [2.24, 2.45) is 0 Å². The lowest BCUT2D eigenvalue weighted by molar-refractivity contribution is -0.156. The van der Waals surface area contributed by atoms with Gasteiger partial charge in [-0.15, -0.1) is 0 Å². The lowest BCUT2D eigenvalue weighted by Gasteiger charge is -2.25. The van der Waals surface area contributed by atoms with Crippen LogP contribution in [0, 0.1) is 0 Å². The summed E-state index contributed by atoms with van der Waals surface area (Å²) in [5.41, 5.74) is -0.495. The number of amides is 3. The van der Waals surface area contributed by atoms with Crippen molar-refractivity contribution in [2.45, 2.75) is 90.7 Å². The lowest BCUT2D eigenvalue weighted by atomic mass is 10.1. The van der Waals surface area contributed by atoms with Crippen molar-refractivity contribution in [3.05, 3.63) is 60.2 Å². The third-order valence-electron chi connectivity index (χ3n) is 5.64. The largest absolute Gasteiger partial charge is 0.497 e. The quantitative estimate of drug-likeness (QED) is 0.222. The minimum Gasteiger partial charge on any atom is -0.497 e. The Balaban J connectivity index is 2.24. The van der Waals surface area contributed by atoms with Crippen LogP contribution in [-0.2, 0) is 40.0 Å². The number of esters is 2. The van der Waals surface area contributed by atoms with Crippen molar-refractivity contribution in [1.29, 1.82) is 0 Å². The number of carbonyl (C=O) groups excluding carboxylic acids is 5. The molecule has 0 radical (unpaired) electrons. The lowest BCUT2D eigenvalue weighted by Crippen LogP contribution is -2.53. The fourth-order valence-corrected chi connectivity index (χ4v) is 3.79. The first-order chi connectivity index (χ1) is 20.5. The number of hydrogen-bond donors (Lipinski definition) is 3. The first-order valence-corrected chi connectivity index (χ1v) is 14.2. The van der Waals surface area contributed by atoms with E-state index in [1.807, 2.05) is 6.07 Å². The van der Waals surface area contributed by atoms with Crippen molar-refractivity contribution >= 4 is 35.5 Å². The molecule has 44 heavy (non-hydrogen) atoms. The van der Waals surface area contributed by atoms with Gasteiger partial charge in [0.05, 0.1) is 13.5 Å². The molecule has 0 aromatic heterocycles. The number of methoxy groups -OCH3 is 1. The fourth-order valence-electron chi connectivity index (χ4n) is 3.79. The topological polar surface area (TPSA) is 158 Å². The van der Waals surface area contributed by atoms with E-state index in [1.165, 1.54) is 7.11 Å². The highest BCUT2D eigenvalue weighted by atomic mass is 16.6. The standard InChI is InChI=1S/C32H43N3O9/c1-31(2,3)43-26(36)17-16-24(28(38)33-22-14-11-15-23(18-22)41-7)34-29(39)25(19-27(37)44-32(4,5)6)35-30(40)42-20-21-12-9-8-10-13-21/h8-15,18,24-25H,16-17,19-20H2,1-7H3,(H,33,38)(H,34,39)(H,35,40)/t24-,25+/m1/s1. The molecular formula is C32H43N3O9. The Kier molecular flexibility index (Phi) is 13.2. The number of benzene rings is 2. The van der Waals surface area contributed by atoms with Gasteiger partial charge in [0.1, 0.15) is 35.6 Å². The summed E-state index contributed by atoms with van der Waals surface area (Å²) < 4.78 is 21.1. The number of ether oxygens (including phenoxy) is 4. The van der Waals surface area contributed by atoms with E-state index in [1.54, 1.807) is 90.1 Å². The van der Waals surface area contributed by atoms with Gasteiger partial charge in [-0.3, -0.25) is 19.2 Å². The number of rotatable bonds is 13. The molecule has 0 bridgehead atoms. The molecule has 12 nitrogen and oxygen atoms in total. The highest BCUT2D eigenvalue weighted by molar-refractivity contribution is 5.99. The van der Waals surface area contributed by atoms with Gasteiger partial charge in [-0.25, -0.2) is 4.79 Å². The molecule has 3 amide bonds. The van der Waals surface area contributed by atoms with Crippen LogP contribution in [0.3, 0.4) is 0 Å². The molecule has 0 aliphatic rings. The van der Waals surface area contributed by atoms with Crippen molar-refractivity contribution in [3.8, 4) is 5.75 Å². The van der Waals surface area contributed by atoms with Crippen molar-refractivity contribution < 1.29 is 42.9 Å². The Bertz CT molecular complexity index is 1280. The summed E-state index contributed by atoms with van der Waals surface area (Å²) in [5.74, 6) is -2.33. The fraction of sp³-hybridized carbons (Fsp3) is 0.469. The minimum atomic E-state index is -1.46. The summed E-state index contributed by atoms with van der Waals surface area (Å²) in [6.07, 6.45) is -1.83. The van der Waals surface area contributed by atoms with Gasteiger partial charge in [0.15, 0.2) is 0 Å². The normalized spacial score (nSPS) is 12.6. The molecule has 2 atom stereocenters. The van der Waals surface area contributed by atoms with Crippen molar-refractivity contribution in [1.82, 2.24) is 10.6 Å². The van der Waals surface area contributed by atoms with Crippen LogP contribution in [0.5, 0.6) is 5.75 Å². The zero-order valence-electron chi connectivity index (χ0n) is 26.4. The Labute approximate surface area is 258 Å². The highest BCUT2D eigenvalue weighted by Crippen LogP contribution is 2.18. The summed E-state index contributed by atoms with van der Waals surface area (Å²) in [6, 6.07) is 12.8. The number of hydrogen-bond acceptors (Lipinski definition) is 9. The average Bonchev–Trinajstić information content (AvgIpc) is 2.92. The van der Waals surface area contributed by atoms with Gasteiger partial charge in [-0.2, -0.15) is 0 Å². The molecule has 0 heterocycles. The van der Waals surface area contributed by atoms with Crippen molar-refractivity contribution in [3.63, 3.8) is 0 Å². The average molecular weight is 614 g/mol. The summed E-state index contributed by atoms with van der Waals surface area (Å²) in [5, 5.41) is 7.65. The molecule has 0 saturated heterocycles. The summed E-state index contributed by atoms with van der Waals surface area (Å²) in [4.78, 5) is 64.6. The molecule has 3 N–H and O–H groups in total. The van der Waals surface area contributed by atoms with Crippen LogP contribution in [0.4, 0.5) is 10.5 Å². The van der Waals surface area contributed by atoms with Gasteiger partial charge in [0.2, 0.25) is 11.8 Å². The Hall–Kier alpha value is -4.61. The van der Waals surface area contributed by atoms with Crippen LogP contribution >= 0.6 is 0 Å². The highest BCUT2D eigenvalue weighted by Gasteiger charge is 2.31. The molecule has 0 unspecified atom stereocenters. The summed E-state index contributed by atoms with van der Waals surface area (Å²) in [6.45, 7) is 10.1. The van der Waals surface area contributed by atoms with Gasteiger partial charge < -0.3 is 34.9 Å². The molecular weight excluding hydrogens is 570 g/mol. The second-order valence-electron chi connectivity index (χ2n) is 12.0. The molecule has 0 saturated carbocycles. The molecule has 2 rings (SSSR count). The van der Waals surface area contributed by atoms with Gasteiger partial charge in [-0.1, -0.05) is 36.4 Å². The third kappa shape index (κ3) is 14.0. The van der Waals surface area contributed by atoms with Gasteiger partial charge in [0, 0.05) is 18.2 Å². The number of anilines is 1. The first kappa shape index (κ1) is 35.6. The van der Waals surface area contributed by atoms with E-state index in [9.17, 15) is 24.0 Å². The SMILES string of the molecule is COc1cccc(NC(=O)[C@@H](CCC(=O)OC(C)(C)C)NC(=O)[C@H](CC(=O)OC(C)(C)C)NC(=O)OCc2ccccc2)c1. The Morgan fingerprint density at radius 3 is 2.00 bits per heavy atom. The Morgan fingerprint density at radius 1 is 0.750 bits per heavy atom. The second kappa shape index (κ2) is 16.3. The molecule has 240 valence electrons. The molecule has 0 spiro atoms. The zero-order chi connectivity index (χ0) is 32.9. The maximum Gasteiger partial charge on any atom is 0.408 e. The minimum absolute atomic E-state index is 0.0745. The monoisotopic (exact) mass is 613 g/mol. The third-order valence-corrected chi connectivity index (χ3v) is 5.64. The molecule has 0 fully saturated rings. The number of nitrogens with one attached hydrogen (secondary N) is 3. The molecule has 2 aromatic rings. The van der Waals surface area contributed by atoms with Crippen LogP contribution in [0.15, 0.2) is 54.6 Å². The number of carbonyl (C=O) groups is 5. The van der Waals surface area contributed by atoms with E-state index in [-0.39, 0.29) is 19.4 Å². The first-order valence-electron chi connectivity index (χ1n) is 14.2. The maximum absolute atomic E-state index is 13.5. The molecule has 2 aromatic carbocycles. The van der Waals surface area contributed by atoms with E-state index in [0.717, 1.165) is 0 Å².